The fraction of sp³-hybridized carbons (Fsp3) is 0.941. The average molecular weight is 454 g/mol. The first kappa shape index (κ1) is 21.9. The van der Waals surface area contributed by atoms with Crippen LogP contribution in [0.2, 0.25) is 0 Å². The highest BCUT2D eigenvalue weighted by Crippen LogP contribution is 2.31. The zero-order valence-corrected chi connectivity index (χ0v) is 17.6. The Morgan fingerprint density at radius 2 is 2.08 bits per heavy atom. The van der Waals surface area contributed by atoms with Gasteiger partial charge in [-0.25, -0.2) is 0 Å². The van der Waals surface area contributed by atoms with Crippen molar-refractivity contribution in [3.8, 4) is 0 Å². The number of rotatable bonds is 8. The second kappa shape index (κ2) is 11.5. The SMILES string of the molecule is CN=C(NCCN(C)C1CCCC1)NCC1(CCO)CCOC1.I. The number of aliphatic imine (C=N–C) groups is 1. The van der Waals surface area contributed by atoms with Gasteiger partial charge < -0.3 is 25.4 Å². The molecule has 0 aromatic rings. The van der Waals surface area contributed by atoms with Crippen molar-refractivity contribution in [1.29, 1.82) is 0 Å². The van der Waals surface area contributed by atoms with Crippen molar-refractivity contribution < 1.29 is 9.84 Å². The average Bonchev–Trinajstić information content (AvgIpc) is 3.23. The molecule has 0 spiro atoms. The van der Waals surface area contributed by atoms with E-state index < -0.39 is 0 Å². The molecule has 1 heterocycles. The Balaban J connectivity index is 0.00000288. The number of hydrogen-bond acceptors (Lipinski definition) is 4. The minimum atomic E-state index is 0. The molecule has 2 rings (SSSR count). The van der Waals surface area contributed by atoms with Gasteiger partial charge in [-0.2, -0.15) is 0 Å². The van der Waals surface area contributed by atoms with Crippen LogP contribution in [-0.2, 0) is 4.74 Å². The van der Waals surface area contributed by atoms with E-state index in [2.05, 4.69) is 27.6 Å². The van der Waals surface area contributed by atoms with Crippen LogP contribution in [0.3, 0.4) is 0 Å². The molecule has 1 atom stereocenters. The number of hydrogen-bond donors (Lipinski definition) is 3. The minimum Gasteiger partial charge on any atom is -0.396 e. The summed E-state index contributed by atoms with van der Waals surface area (Å²) in [5.41, 5.74) is 0.0486. The molecule has 3 N–H and O–H groups in total. The second-order valence-electron chi connectivity index (χ2n) is 7.05. The lowest BCUT2D eigenvalue weighted by Crippen LogP contribution is -2.46. The lowest BCUT2D eigenvalue weighted by atomic mass is 9.84. The standard InChI is InChI=1S/C17H34N4O2.HI/c1-18-16(19-9-10-21(2)15-5-3-4-6-15)20-13-17(7-11-22)8-12-23-14-17;/h15,22H,3-14H2,1-2H3,(H2,18,19,20);1H. The van der Waals surface area contributed by atoms with E-state index in [-0.39, 0.29) is 36.0 Å². The zero-order valence-electron chi connectivity index (χ0n) is 15.2. The number of ether oxygens (including phenoxy) is 1. The van der Waals surface area contributed by atoms with E-state index in [0.29, 0.717) is 0 Å². The van der Waals surface area contributed by atoms with E-state index in [1.54, 1.807) is 7.05 Å². The van der Waals surface area contributed by atoms with Gasteiger partial charge in [0.05, 0.1) is 6.61 Å². The third-order valence-corrected chi connectivity index (χ3v) is 5.39. The Bertz CT molecular complexity index is 370. The largest absolute Gasteiger partial charge is 0.396 e. The van der Waals surface area contributed by atoms with Crippen molar-refractivity contribution in [3.63, 3.8) is 0 Å². The van der Waals surface area contributed by atoms with Gasteiger partial charge in [-0.05, 0) is 32.7 Å². The number of halogens is 1. The number of aliphatic hydroxyl groups is 1. The van der Waals surface area contributed by atoms with Gasteiger partial charge in [-0.1, -0.05) is 12.8 Å². The molecule has 24 heavy (non-hydrogen) atoms. The third kappa shape index (κ3) is 6.65. The molecule has 1 saturated carbocycles. The van der Waals surface area contributed by atoms with E-state index in [1.165, 1.54) is 25.7 Å². The van der Waals surface area contributed by atoms with Crippen LogP contribution in [0.15, 0.2) is 4.99 Å². The maximum absolute atomic E-state index is 9.29. The Morgan fingerprint density at radius 1 is 1.33 bits per heavy atom. The van der Waals surface area contributed by atoms with Crippen LogP contribution in [-0.4, -0.2) is 75.6 Å². The van der Waals surface area contributed by atoms with Crippen molar-refractivity contribution in [2.24, 2.45) is 10.4 Å². The molecule has 1 aliphatic heterocycles. The number of likely N-dealkylation sites (N-methyl/N-ethyl adjacent to an activating group) is 1. The summed E-state index contributed by atoms with van der Waals surface area (Å²) in [6.45, 7) is 4.46. The molecule has 0 aromatic carbocycles. The fourth-order valence-electron chi connectivity index (χ4n) is 3.68. The predicted octanol–water partition coefficient (Wildman–Crippen LogP) is 1.43. The molecule has 0 bridgehead atoms. The Kier molecular flexibility index (Phi) is 10.5. The van der Waals surface area contributed by atoms with Gasteiger partial charge in [-0.3, -0.25) is 4.99 Å². The van der Waals surface area contributed by atoms with Crippen molar-refractivity contribution in [1.82, 2.24) is 15.5 Å². The van der Waals surface area contributed by atoms with Crippen LogP contribution < -0.4 is 10.6 Å². The highest BCUT2D eigenvalue weighted by molar-refractivity contribution is 14.0. The molecule has 0 amide bonds. The summed E-state index contributed by atoms with van der Waals surface area (Å²) in [5, 5.41) is 16.1. The lowest BCUT2D eigenvalue weighted by molar-refractivity contribution is 0.127. The van der Waals surface area contributed by atoms with Gasteiger partial charge >= 0.3 is 0 Å². The summed E-state index contributed by atoms with van der Waals surface area (Å²) in [7, 11) is 4.03. The fourth-order valence-corrected chi connectivity index (χ4v) is 3.68. The maximum atomic E-state index is 9.29. The minimum absolute atomic E-state index is 0. The molecular weight excluding hydrogens is 419 g/mol. The van der Waals surface area contributed by atoms with E-state index in [0.717, 1.165) is 57.7 Å². The Morgan fingerprint density at radius 3 is 2.67 bits per heavy atom. The molecule has 1 unspecified atom stereocenters. The lowest BCUT2D eigenvalue weighted by Gasteiger charge is -2.28. The van der Waals surface area contributed by atoms with E-state index in [1.807, 2.05) is 0 Å². The summed E-state index contributed by atoms with van der Waals surface area (Å²) in [6.07, 6.45) is 7.21. The summed E-state index contributed by atoms with van der Waals surface area (Å²) in [5.74, 6) is 0.842. The summed E-state index contributed by atoms with van der Waals surface area (Å²) in [4.78, 5) is 6.77. The van der Waals surface area contributed by atoms with Gasteiger partial charge in [0.1, 0.15) is 0 Å². The van der Waals surface area contributed by atoms with Crippen molar-refractivity contribution >= 4 is 29.9 Å². The smallest absolute Gasteiger partial charge is 0.191 e. The normalized spacial score (nSPS) is 25.1. The Labute approximate surface area is 163 Å². The molecule has 6 nitrogen and oxygen atoms in total. The Hall–Kier alpha value is -0.120. The van der Waals surface area contributed by atoms with Crippen LogP contribution in [0.4, 0.5) is 0 Å². The monoisotopic (exact) mass is 454 g/mol. The number of guanidine groups is 1. The highest BCUT2D eigenvalue weighted by Gasteiger charge is 2.34. The molecular formula is C17H35IN4O2. The third-order valence-electron chi connectivity index (χ3n) is 5.39. The zero-order chi connectivity index (χ0) is 16.5. The maximum Gasteiger partial charge on any atom is 0.191 e. The van der Waals surface area contributed by atoms with Gasteiger partial charge in [0, 0.05) is 51.4 Å². The summed E-state index contributed by atoms with van der Waals surface area (Å²) in [6, 6.07) is 0.759. The first-order chi connectivity index (χ1) is 11.2. The first-order valence-electron chi connectivity index (χ1n) is 9.02. The molecule has 1 aliphatic carbocycles. The van der Waals surface area contributed by atoms with E-state index in [9.17, 15) is 5.11 Å². The molecule has 1 saturated heterocycles. The van der Waals surface area contributed by atoms with Crippen molar-refractivity contribution in [3.05, 3.63) is 0 Å². The van der Waals surface area contributed by atoms with Crippen LogP contribution in [0.25, 0.3) is 0 Å². The second-order valence-corrected chi connectivity index (χ2v) is 7.05. The summed E-state index contributed by atoms with van der Waals surface area (Å²) < 4.78 is 5.53. The van der Waals surface area contributed by atoms with E-state index >= 15 is 0 Å². The van der Waals surface area contributed by atoms with Gasteiger partial charge in [-0.15, -0.1) is 24.0 Å². The van der Waals surface area contributed by atoms with Gasteiger partial charge in [0.15, 0.2) is 5.96 Å². The number of nitrogens with one attached hydrogen (secondary N) is 2. The van der Waals surface area contributed by atoms with Crippen LogP contribution >= 0.6 is 24.0 Å². The molecule has 0 aromatic heterocycles. The van der Waals surface area contributed by atoms with Crippen molar-refractivity contribution in [2.75, 3.05) is 53.6 Å². The van der Waals surface area contributed by atoms with Gasteiger partial charge in [0.25, 0.3) is 0 Å². The van der Waals surface area contributed by atoms with Crippen LogP contribution in [0.1, 0.15) is 38.5 Å². The molecule has 2 aliphatic rings. The predicted molar refractivity (Wildman–Crippen MR) is 109 cm³/mol. The van der Waals surface area contributed by atoms with Crippen molar-refractivity contribution in [2.45, 2.75) is 44.6 Å². The molecule has 7 heteroatoms. The number of aliphatic hydroxyl groups excluding tert-OH is 1. The quantitative estimate of drug-likeness (QED) is 0.294. The van der Waals surface area contributed by atoms with Crippen LogP contribution in [0, 0.1) is 5.41 Å². The molecule has 142 valence electrons. The molecule has 0 radical (unpaired) electrons. The molecule has 2 fully saturated rings. The topological polar surface area (TPSA) is 69.1 Å². The highest BCUT2D eigenvalue weighted by atomic mass is 127. The van der Waals surface area contributed by atoms with Crippen LogP contribution in [0.5, 0.6) is 0 Å². The van der Waals surface area contributed by atoms with E-state index in [4.69, 9.17) is 4.74 Å². The summed E-state index contributed by atoms with van der Waals surface area (Å²) >= 11 is 0. The van der Waals surface area contributed by atoms with Gasteiger partial charge in [0.2, 0.25) is 0 Å². The first-order valence-corrected chi connectivity index (χ1v) is 9.02. The number of nitrogens with zero attached hydrogens (tertiary/aromatic N) is 2.